The van der Waals surface area contributed by atoms with Crippen molar-refractivity contribution in [3.05, 3.63) is 29.3 Å². The van der Waals surface area contributed by atoms with Gasteiger partial charge in [0.1, 0.15) is 4.90 Å². The van der Waals surface area contributed by atoms with Crippen molar-refractivity contribution < 1.29 is 22.7 Å². The van der Waals surface area contributed by atoms with Gasteiger partial charge in [0.15, 0.2) is 0 Å². The topological polar surface area (TPSA) is 80.8 Å². The van der Waals surface area contributed by atoms with Gasteiger partial charge in [-0.2, -0.15) is 0 Å². The van der Waals surface area contributed by atoms with Crippen molar-refractivity contribution >= 4 is 21.9 Å². The van der Waals surface area contributed by atoms with Gasteiger partial charge >= 0.3 is 5.97 Å². The Morgan fingerprint density at radius 3 is 2.61 bits per heavy atom. The van der Waals surface area contributed by atoms with Crippen molar-refractivity contribution in [3.63, 3.8) is 0 Å². The van der Waals surface area contributed by atoms with E-state index in [1.165, 1.54) is 25.3 Å². The highest BCUT2D eigenvalue weighted by Gasteiger charge is 2.47. The number of hydrogen-bond acceptors (Lipinski definition) is 5. The average Bonchev–Trinajstić information content (AvgIpc) is 2.74. The Balaban J connectivity index is 2.06. The number of benzene rings is 1. The van der Waals surface area contributed by atoms with E-state index in [4.69, 9.17) is 0 Å². The maximum absolute atomic E-state index is 12.9. The van der Waals surface area contributed by atoms with Crippen LogP contribution in [0.15, 0.2) is 23.1 Å². The van der Waals surface area contributed by atoms with Crippen LogP contribution in [0.4, 0.5) is 0 Å². The highest BCUT2D eigenvalue weighted by molar-refractivity contribution is 7.90. The molecular weight excluding hydrogens is 318 g/mol. The number of esters is 1. The first-order chi connectivity index (χ1) is 10.9. The molecule has 0 bridgehead atoms. The maximum atomic E-state index is 12.9. The average molecular weight is 337 g/mol. The summed E-state index contributed by atoms with van der Waals surface area (Å²) in [5, 5.41) is 0. The number of ether oxygens (including phenoxy) is 1. The minimum Gasteiger partial charge on any atom is -0.465 e. The van der Waals surface area contributed by atoms with Crippen molar-refractivity contribution in [1.29, 1.82) is 0 Å². The van der Waals surface area contributed by atoms with Crippen LogP contribution >= 0.6 is 0 Å². The Hall–Kier alpha value is -1.89. The zero-order valence-electron chi connectivity index (χ0n) is 13.1. The van der Waals surface area contributed by atoms with E-state index in [9.17, 15) is 18.0 Å². The second kappa shape index (κ2) is 5.63. The summed E-state index contributed by atoms with van der Waals surface area (Å²) in [7, 11) is -2.69. The van der Waals surface area contributed by atoms with Gasteiger partial charge in [0.05, 0.1) is 24.3 Å². The van der Waals surface area contributed by atoms with E-state index < -0.39 is 21.9 Å². The summed E-state index contributed by atoms with van der Waals surface area (Å²) in [5.41, 5.74) is 0.261. The minimum absolute atomic E-state index is 0.0943. The smallest absolute Gasteiger partial charge is 0.337 e. The normalized spacial score (nSPS) is 26.0. The molecule has 1 aliphatic carbocycles. The molecule has 0 aromatic heterocycles. The van der Waals surface area contributed by atoms with Gasteiger partial charge in [-0.05, 0) is 37.0 Å². The SMILES string of the molecule is COC(=O)c1ccc2c(c1)S(=O)(=O)N([C@@H]1CCCC[C@H]1C)C2=O. The van der Waals surface area contributed by atoms with E-state index in [1.807, 2.05) is 6.92 Å². The fourth-order valence-electron chi connectivity index (χ4n) is 3.47. The van der Waals surface area contributed by atoms with E-state index in [-0.39, 0.29) is 28.0 Å². The van der Waals surface area contributed by atoms with E-state index in [0.29, 0.717) is 6.42 Å². The molecule has 1 amide bonds. The van der Waals surface area contributed by atoms with Crippen LogP contribution in [0.3, 0.4) is 0 Å². The Bertz CT molecular complexity index is 771. The van der Waals surface area contributed by atoms with Gasteiger partial charge in [-0.1, -0.05) is 19.8 Å². The summed E-state index contributed by atoms with van der Waals surface area (Å²) in [6, 6.07) is 3.75. The van der Waals surface area contributed by atoms with Gasteiger partial charge < -0.3 is 4.74 Å². The molecule has 1 saturated carbocycles. The van der Waals surface area contributed by atoms with Gasteiger partial charge in [0.25, 0.3) is 15.9 Å². The lowest BCUT2D eigenvalue weighted by molar-refractivity contribution is 0.0599. The molecule has 124 valence electrons. The Kier molecular flexibility index (Phi) is 3.91. The van der Waals surface area contributed by atoms with E-state index in [1.54, 1.807) is 0 Å². The monoisotopic (exact) mass is 337 g/mol. The third-order valence-electron chi connectivity index (χ3n) is 4.74. The summed E-state index contributed by atoms with van der Waals surface area (Å²) in [6.07, 6.45) is 3.56. The molecule has 23 heavy (non-hydrogen) atoms. The molecule has 3 rings (SSSR count). The molecule has 0 radical (unpaired) electrons. The summed E-state index contributed by atoms with van der Waals surface area (Å²) in [5.74, 6) is -0.980. The molecule has 0 spiro atoms. The quantitative estimate of drug-likeness (QED) is 0.773. The number of sulfonamides is 1. The summed E-state index contributed by atoms with van der Waals surface area (Å²) in [4.78, 5) is 24.2. The predicted octanol–water partition coefficient (Wildman–Crippen LogP) is 2.20. The number of fused-ring (bicyclic) bond motifs is 1. The summed E-state index contributed by atoms with van der Waals surface area (Å²) in [6.45, 7) is 1.98. The maximum Gasteiger partial charge on any atom is 0.337 e. The van der Waals surface area contributed by atoms with Gasteiger partial charge in [-0.15, -0.1) is 0 Å². The lowest BCUT2D eigenvalue weighted by Crippen LogP contribution is -2.44. The van der Waals surface area contributed by atoms with Crippen LogP contribution in [0.2, 0.25) is 0 Å². The van der Waals surface area contributed by atoms with Crippen LogP contribution < -0.4 is 0 Å². The number of amides is 1. The fourth-order valence-corrected chi connectivity index (χ4v) is 5.37. The third-order valence-corrected chi connectivity index (χ3v) is 6.59. The number of methoxy groups -OCH3 is 1. The van der Waals surface area contributed by atoms with Gasteiger partial charge in [-0.3, -0.25) is 4.79 Å². The van der Waals surface area contributed by atoms with Gasteiger partial charge in [0.2, 0.25) is 0 Å². The van der Waals surface area contributed by atoms with Crippen molar-refractivity contribution in [3.8, 4) is 0 Å². The second-order valence-electron chi connectivity index (χ2n) is 6.14. The molecule has 0 saturated heterocycles. The lowest BCUT2D eigenvalue weighted by Gasteiger charge is -2.34. The Labute approximate surface area is 135 Å². The molecule has 2 atom stereocenters. The van der Waals surface area contributed by atoms with Crippen LogP contribution in [0.25, 0.3) is 0 Å². The van der Waals surface area contributed by atoms with E-state index in [0.717, 1.165) is 23.6 Å². The van der Waals surface area contributed by atoms with Crippen LogP contribution in [-0.2, 0) is 14.8 Å². The molecule has 7 heteroatoms. The molecule has 1 aromatic rings. The summed E-state index contributed by atoms with van der Waals surface area (Å²) < 4.78 is 31.4. The van der Waals surface area contributed by atoms with Crippen LogP contribution in [0.1, 0.15) is 53.3 Å². The molecule has 1 aromatic carbocycles. The zero-order valence-corrected chi connectivity index (χ0v) is 13.9. The molecule has 6 nitrogen and oxygen atoms in total. The highest BCUT2D eigenvalue weighted by atomic mass is 32.2. The van der Waals surface area contributed by atoms with Crippen molar-refractivity contribution in [2.75, 3.05) is 7.11 Å². The number of carbonyl (C=O) groups excluding carboxylic acids is 2. The van der Waals surface area contributed by atoms with Gasteiger partial charge in [0, 0.05) is 0 Å². The number of carbonyl (C=O) groups is 2. The van der Waals surface area contributed by atoms with Crippen molar-refractivity contribution in [1.82, 2.24) is 4.31 Å². The number of nitrogens with zero attached hydrogens (tertiary/aromatic N) is 1. The lowest BCUT2D eigenvalue weighted by atomic mass is 9.86. The van der Waals surface area contributed by atoms with E-state index >= 15 is 0 Å². The number of rotatable bonds is 2. The first-order valence-electron chi connectivity index (χ1n) is 7.69. The molecule has 0 unspecified atom stereocenters. The molecule has 1 heterocycles. The first kappa shape index (κ1) is 16.0. The van der Waals surface area contributed by atoms with Crippen molar-refractivity contribution in [2.24, 2.45) is 5.92 Å². The van der Waals surface area contributed by atoms with E-state index in [2.05, 4.69) is 4.74 Å². The standard InChI is InChI=1S/C16H19NO5S/c1-10-5-3-4-6-13(10)17-15(18)12-8-7-11(16(19)22-2)9-14(12)23(17,20)21/h7-10,13H,3-6H2,1-2H3/t10-,13-/m1/s1. The molecule has 2 aliphatic rings. The van der Waals surface area contributed by atoms with Crippen LogP contribution in [0.5, 0.6) is 0 Å². The number of hydrogen-bond donors (Lipinski definition) is 0. The second-order valence-corrected chi connectivity index (χ2v) is 7.92. The van der Waals surface area contributed by atoms with Gasteiger partial charge in [-0.25, -0.2) is 17.5 Å². The van der Waals surface area contributed by atoms with Crippen molar-refractivity contribution in [2.45, 2.75) is 43.5 Å². The largest absolute Gasteiger partial charge is 0.465 e. The molecule has 1 fully saturated rings. The predicted molar refractivity (Wildman–Crippen MR) is 82.6 cm³/mol. The third kappa shape index (κ3) is 2.43. The molecule has 1 aliphatic heterocycles. The van der Waals surface area contributed by atoms with Crippen LogP contribution in [0, 0.1) is 5.92 Å². The molecular formula is C16H19NO5S. The molecule has 0 N–H and O–H groups in total. The first-order valence-corrected chi connectivity index (χ1v) is 9.13. The minimum atomic E-state index is -3.92. The Morgan fingerprint density at radius 1 is 1.26 bits per heavy atom. The summed E-state index contributed by atoms with van der Waals surface area (Å²) >= 11 is 0. The zero-order chi connectivity index (χ0) is 16.8. The fraction of sp³-hybridized carbons (Fsp3) is 0.500. The Morgan fingerprint density at radius 2 is 1.96 bits per heavy atom. The van der Waals surface area contributed by atoms with Crippen LogP contribution in [-0.4, -0.2) is 37.8 Å². The highest BCUT2D eigenvalue weighted by Crippen LogP contribution is 2.38.